The molecule has 2 fully saturated rings. The lowest BCUT2D eigenvalue weighted by atomic mass is 10.1. The Morgan fingerprint density at radius 1 is 1.16 bits per heavy atom. The summed E-state index contributed by atoms with van der Waals surface area (Å²) in [5, 5.41) is 24.3. The fraction of sp³-hybridized carbons (Fsp3) is 0.381. The molecule has 10 heteroatoms. The lowest BCUT2D eigenvalue weighted by Gasteiger charge is -2.16. The Hall–Kier alpha value is -3.10. The van der Waals surface area contributed by atoms with Crippen molar-refractivity contribution in [2.75, 3.05) is 18.5 Å². The van der Waals surface area contributed by atoms with Gasteiger partial charge in [-0.3, -0.25) is 4.57 Å². The van der Waals surface area contributed by atoms with E-state index < -0.39 is 30.4 Å². The Labute approximate surface area is 176 Å². The molecule has 5 rings (SSSR count). The smallest absolute Gasteiger partial charge is 0.167 e. The molecule has 3 aromatic rings. The third kappa shape index (κ3) is 3.73. The maximum Gasteiger partial charge on any atom is 0.167 e. The Kier molecular flexibility index (Phi) is 5.25. The number of anilines is 1. The summed E-state index contributed by atoms with van der Waals surface area (Å²) in [6.45, 7) is 1.28. The Balaban J connectivity index is 1.41. The molecular formula is C21H20FN5O4. The molecule has 0 aliphatic carbocycles. The molecule has 0 spiro atoms. The Morgan fingerprint density at radius 2 is 2.03 bits per heavy atom. The first-order valence-electron chi connectivity index (χ1n) is 9.91. The van der Waals surface area contributed by atoms with E-state index >= 15 is 0 Å². The average Bonchev–Trinajstić information content (AvgIpc) is 3.50. The van der Waals surface area contributed by atoms with Crippen molar-refractivity contribution in [2.24, 2.45) is 0 Å². The average molecular weight is 425 g/mol. The van der Waals surface area contributed by atoms with Gasteiger partial charge < -0.3 is 25.0 Å². The molecule has 2 aromatic heterocycles. The minimum absolute atomic E-state index is 0.136. The van der Waals surface area contributed by atoms with Gasteiger partial charge in [-0.1, -0.05) is 24.0 Å². The van der Waals surface area contributed by atoms with Gasteiger partial charge in [0.05, 0.1) is 24.5 Å². The third-order valence-corrected chi connectivity index (χ3v) is 5.36. The molecule has 31 heavy (non-hydrogen) atoms. The van der Waals surface area contributed by atoms with Gasteiger partial charge in [-0.15, -0.1) is 0 Å². The van der Waals surface area contributed by atoms with Crippen LogP contribution in [0.5, 0.6) is 0 Å². The van der Waals surface area contributed by atoms with Crippen molar-refractivity contribution in [3.8, 4) is 11.8 Å². The first kappa shape index (κ1) is 19.8. The number of aromatic nitrogens is 4. The largest absolute Gasteiger partial charge is 0.386 e. The number of hydrogen-bond donors (Lipinski definition) is 3. The van der Waals surface area contributed by atoms with Crippen molar-refractivity contribution in [3.63, 3.8) is 0 Å². The van der Waals surface area contributed by atoms with Gasteiger partial charge in [0, 0.05) is 6.61 Å². The van der Waals surface area contributed by atoms with E-state index in [1.807, 2.05) is 0 Å². The van der Waals surface area contributed by atoms with Gasteiger partial charge in [-0.2, -0.15) is 0 Å². The van der Waals surface area contributed by atoms with Crippen LogP contribution in [0.2, 0.25) is 0 Å². The van der Waals surface area contributed by atoms with E-state index in [2.05, 4.69) is 32.1 Å². The van der Waals surface area contributed by atoms with Crippen molar-refractivity contribution < 1.29 is 24.1 Å². The van der Waals surface area contributed by atoms with Crippen molar-refractivity contribution in [3.05, 3.63) is 48.3 Å². The lowest BCUT2D eigenvalue weighted by molar-refractivity contribution is -0.0230. The molecule has 0 saturated carbocycles. The van der Waals surface area contributed by atoms with Crippen LogP contribution in [0.15, 0.2) is 36.9 Å². The molecule has 5 atom stereocenters. The van der Waals surface area contributed by atoms with E-state index in [0.717, 1.165) is 6.42 Å². The number of benzene rings is 1. The van der Waals surface area contributed by atoms with Crippen LogP contribution in [-0.4, -0.2) is 67.3 Å². The van der Waals surface area contributed by atoms with Crippen LogP contribution in [-0.2, 0) is 9.47 Å². The van der Waals surface area contributed by atoms with Gasteiger partial charge in [0.1, 0.15) is 30.5 Å². The first-order valence-corrected chi connectivity index (χ1v) is 9.91. The summed E-state index contributed by atoms with van der Waals surface area (Å²) < 4.78 is 26.5. The summed E-state index contributed by atoms with van der Waals surface area (Å²) in [6, 6.07) is 6.19. The number of imidazole rings is 1. The summed E-state index contributed by atoms with van der Waals surface area (Å²) >= 11 is 0. The number of rotatable bonds is 3. The van der Waals surface area contributed by atoms with Crippen LogP contribution < -0.4 is 5.32 Å². The summed E-state index contributed by atoms with van der Waals surface area (Å²) in [7, 11) is 0. The van der Waals surface area contributed by atoms with Crippen LogP contribution in [0.3, 0.4) is 0 Å². The van der Waals surface area contributed by atoms with Crippen molar-refractivity contribution in [1.29, 1.82) is 0 Å². The van der Waals surface area contributed by atoms with Crippen molar-refractivity contribution >= 4 is 17.0 Å². The Bertz CT molecular complexity index is 1150. The van der Waals surface area contributed by atoms with Crippen LogP contribution in [0.25, 0.3) is 11.2 Å². The number of ether oxygens (including phenoxy) is 2. The van der Waals surface area contributed by atoms with Crippen LogP contribution >= 0.6 is 0 Å². The zero-order valence-corrected chi connectivity index (χ0v) is 16.3. The van der Waals surface area contributed by atoms with Gasteiger partial charge in [0.2, 0.25) is 0 Å². The standard InChI is InChI=1S/C21H20FN5O4/c22-14-4-2-1-3-12(14)5-6-15-17(28)18(29)21(31-15)27-11-25-16-19(23-10-24-20(16)27)26-13-7-8-30-9-13/h1-4,10-11,13,15,17-18,21,28-29H,7-9H2,(H,23,24,26)/t13?,15-,17-,18-,21-/m1/s1. The summed E-state index contributed by atoms with van der Waals surface area (Å²) in [4.78, 5) is 12.9. The number of halogens is 1. The molecule has 0 radical (unpaired) electrons. The maximum absolute atomic E-state index is 13.8. The second-order valence-corrected chi connectivity index (χ2v) is 7.43. The normalized spacial score (nSPS) is 27.9. The molecule has 1 unspecified atom stereocenters. The molecule has 2 aliphatic rings. The van der Waals surface area contributed by atoms with Crippen LogP contribution in [0.1, 0.15) is 18.2 Å². The second kappa shape index (κ2) is 8.20. The predicted octanol–water partition coefficient (Wildman–Crippen LogP) is 0.837. The van der Waals surface area contributed by atoms with Gasteiger partial charge in [-0.25, -0.2) is 19.3 Å². The fourth-order valence-corrected chi connectivity index (χ4v) is 3.71. The highest BCUT2D eigenvalue weighted by molar-refractivity contribution is 5.82. The molecule has 160 valence electrons. The molecule has 4 heterocycles. The highest BCUT2D eigenvalue weighted by Gasteiger charge is 2.43. The van der Waals surface area contributed by atoms with E-state index in [0.29, 0.717) is 30.2 Å². The number of hydrogen-bond acceptors (Lipinski definition) is 8. The van der Waals surface area contributed by atoms with E-state index in [-0.39, 0.29) is 11.6 Å². The first-order chi connectivity index (χ1) is 15.1. The molecule has 0 bridgehead atoms. The SMILES string of the molecule is O[C@@H]1[C@H](O)[C@@H](C#Cc2ccccc2F)O[C@H]1n1cnc2c(NC3CCOC3)ncnc21. The topological polar surface area (TPSA) is 115 Å². The molecule has 0 amide bonds. The monoisotopic (exact) mass is 425 g/mol. The molecule has 9 nitrogen and oxygen atoms in total. The molecule has 3 N–H and O–H groups in total. The van der Waals surface area contributed by atoms with E-state index in [1.165, 1.54) is 29.4 Å². The lowest BCUT2D eigenvalue weighted by Crippen LogP contribution is -2.31. The summed E-state index contributed by atoms with van der Waals surface area (Å²) in [6.07, 6.45) is -0.784. The summed E-state index contributed by atoms with van der Waals surface area (Å²) in [5.41, 5.74) is 1.14. The van der Waals surface area contributed by atoms with Crippen LogP contribution in [0.4, 0.5) is 10.2 Å². The molecule has 2 saturated heterocycles. The number of aliphatic hydroxyl groups is 2. The predicted molar refractivity (Wildman–Crippen MR) is 107 cm³/mol. The third-order valence-electron chi connectivity index (χ3n) is 5.36. The van der Waals surface area contributed by atoms with E-state index in [4.69, 9.17) is 9.47 Å². The minimum Gasteiger partial charge on any atom is -0.386 e. The van der Waals surface area contributed by atoms with E-state index in [9.17, 15) is 14.6 Å². The van der Waals surface area contributed by atoms with Gasteiger partial charge >= 0.3 is 0 Å². The van der Waals surface area contributed by atoms with Gasteiger partial charge in [-0.05, 0) is 18.6 Å². The molecule has 2 aliphatic heterocycles. The quantitative estimate of drug-likeness (QED) is 0.529. The number of nitrogens with one attached hydrogen (secondary N) is 1. The number of nitrogens with zero attached hydrogens (tertiary/aromatic N) is 4. The highest BCUT2D eigenvalue weighted by atomic mass is 19.1. The highest BCUT2D eigenvalue weighted by Crippen LogP contribution is 2.32. The van der Waals surface area contributed by atoms with Crippen molar-refractivity contribution in [1.82, 2.24) is 19.5 Å². The van der Waals surface area contributed by atoms with E-state index in [1.54, 1.807) is 12.1 Å². The van der Waals surface area contributed by atoms with Gasteiger partial charge in [0.25, 0.3) is 0 Å². The van der Waals surface area contributed by atoms with Gasteiger partial charge in [0.15, 0.2) is 23.2 Å². The zero-order valence-electron chi connectivity index (χ0n) is 16.3. The second-order valence-electron chi connectivity index (χ2n) is 7.43. The minimum atomic E-state index is -1.28. The fourth-order valence-electron chi connectivity index (χ4n) is 3.71. The maximum atomic E-state index is 13.8. The number of aliphatic hydroxyl groups excluding tert-OH is 2. The Morgan fingerprint density at radius 3 is 2.84 bits per heavy atom. The van der Waals surface area contributed by atoms with Crippen molar-refractivity contribution in [2.45, 2.75) is 37.0 Å². The summed E-state index contributed by atoms with van der Waals surface area (Å²) in [5.74, 6) is 5.46. The molecular weight excluding hydrogens is 405 g/mol. The number of fused-ring (bicyclic) bond motifs is 1. The van der Waals surface area contributed by atoms with Crippen LogP contribution in [0, 0.1) is 17.7 Å². The molecule has 1 aromatic carbocycles. The zero-order chi connectivity index (χ0) is 21.4.